The number of benzene rings is 2. The van der Waals surface area contributed by atoms with Crippen LogP contribution in [0.3, 0.4) is 0 Å². The van der Waals surface area contributed by atoms with E-state index in [0.717, 1.165) is 29.0 Å². The number of methoxy groups -OCH3 is 1. The predicted octanol–water partition coefficient (Wildman–Crippen LogP) is 2.98. The van der Waals surface area contributed by atoms with Crippen molar-refractivity contribution in [2.24, 2.45) is 5.92 Å². The first-order valence-electron chi connectivity index (χ1n) is 6.81. The summed E-state index contributed by atoms with van der Waals surface area (Å²) < 4.78 is 11.1. The largest absolute Gasteiger partial charge is 0.496 e. The summed E-state index contributed by atoms with van der Waals surface area (Å²) in [5, 5.41) is 10.6. The Bertz CT molecular complexity index is 594. The lowest BCUT2D eigenvalue weighted by atomic mass is 9.88. The van der Waals surface area contributed by atoms with Crippen LogP contribution in [0.15, 0.2) is 48.5 Å². The smallest absolute Gasteiger partial charge is 0.124 e. The number of para-hydroxylation sites is 2. The van der Waals surface area contributed by atoms with Gasteiger partial charge in [0.2, 0.25) is 0 Å². The number of rotatable bonds is 3. The highest BCUT2D eigenvalue weighted by molar-refractivity contribution is 5.38. The van der Waals surface area contributed by atoms with Crippen molar-refractivity contribution < 1.29 is 14.6 Å². The first kappa shape index (κ1) is 13.0. The molecule has 0 radical (unpaired) electrons. The molecule has 0 bridgehead atoms. The molecule has 0 spiro atoms. The van der Waals surface area contributed by atoms with Gasteiger partial charge in [-0.25, -0.2) is 0 Å². The number of fused-ring (bicyclic) bond motifs is 1. The van der Waals surface area contributed by atoms with Crippen LogP contribution in [-0.4, -0.2) is 18.8 Å². The van der Waals surface area contributed by atoms with E-state index in [1.165, 1.54) is 0 Å². The highest BCUT2D eigenvalue weighted by Crippen LogP contribution is 2.36. The Morgan fingerprint density at radius 2 is 1.90 bits per heavy atom. The lowest BCUT2D eigenvalue weighted by molar-refractivity contribution is 0.0626. The molecule has 0 aliphatic carbocycles. The van der Waals surface area contributed by atoms with Gasteiger partial charge in [-0.15, -0.1) is 0 Å². The molecular formula is C17H18O3. The molecule has 3 rings (SSSR count). The van der Waals surface area contributed by atoms with Crippen molar-refractivity contribution >= 4 is 0 Å². The number of hydrogen-bond acceptors (Lipinski definition) is 3. The van der Waals surface area contributed by atoms with Gasteiger partial charge in [-0.1, -0.05) is 36.4 Å². The van der Waals surface area contributed by atoms with Crippen LogP contribution in [0.4, 0.5) is 0 Å². The van der Waals surface area contributed by atoms with Crippen molar-refractivity contribution in [1.82, 2.24) is 0 Å². The normalized spacial score (nSPS) is 18.8. The van der Waals surface area contributed by atoms with E-state index in [0.29, 0.717) is 6.61 Å². The Hall–Kier alpha value is -2.00. The van der Waals surface area contributed by atoms with Crippen molar-refractivity contribution in [3.05, 3.63) is 59.7 Å². The Morgan fingerprint density at radius 1 is 1.15 bits per heavy atom. The minimum absolute atomic E-state index is 0.0428. The highest BCUT2D eigenvalue weighted by atomic mass is 16.5. The van der Waals surface area contributed by atoms with Crippen LogP contribution in [0.5, 0.6) is 11.5 Å². The van der Waals surface area contributed by atoms with Crippen LogP contribution in [0.25, 0.3) is 0 Å². The Morgan fingerprint density at radius 3 is 2.75 bits per heavy atom. The number of ether oxygens (including phenoxy) is 2. The maximum Gasteiger partial charge on any atom is 0.124 e. The van der Waals surface area contributed by atoms with E-state index in [2.05, 4.69) is 6.07 Å². The van der Waals surface area contributed by atoms with Gasteiger partial charge in [-0.2, -0.15) is 0 Å². The maximum absolute atomic E-state index is 10.6. The summed E-state index contributed by atoms with van der Waals surface area (Å²) in [5.74, 6) is 1.69. The molecule has 3 heteroatoms. The summed E-state index contributed by atoms with van der Waals surface area (Å²) in [6, 6.07) is 15.6. The van der Waals surface area contributed by atoms with E-state index >= 15 is 0 Å². The molecule has 0 fully saturated rings. The zero-order valence-electron chi connectivity index (χ0n) is 11.5. The number of aliphatic hydroxyl groups is 1. The fourth-order valence-corrected chi connectivity index (χ4v) is 2.72. The Balaban J connectivity index is 1.84. The molecule has 0 saturated carbocycles. The molecule has 2 aromatic rings. The third kappa shape index (κ3) is 2.37. The third-order valence-electron chi connectivity index (χ3n) is 3.81. The van der Waals surface area contributed by atoms with Gasteiger partial charge < -0.3 is 14.6 Å². The molecular weight excluding hydrogens is 252 g/mol. The van der Waals surface area contributed by atoms with E-state index in [-0.39, 0.29) is 5.92 Å². The average Bonchev–Trinajstić information content (AvgIpc) is 2.53. The minimum Gasteiger partial charge on any atom is -0.496 e. The summed E-state index contributed by atoms with van der Waals surface area (Å²) >= 11 is 0. The van der Waals surface area contributed by atoms with Crippen LogP contribution in [0.2, 0.25) is 0 Å². The van der Waals surface area contributed by atoms with E-state index in [1.807, 2.05) is 42.5 Å². The molecule has 1 aliphatic rings. The van der Waals surface area contributed by atoms with E-state index in [1.54, 1.807) is 7.11 Å². The van der Waals surface area contributed by atoms with E-state index < -0.39 is 6.10 Å². The van der Waals surface area contributed by atoms with Crippen LogP contribution in [-0.2, 0) is 6.42 Å². The Labute approximate surface area is 118 Å². The summed E-state index contributed by atoms with van der Waals surface area (Å²) in [5.41, 5.74) is 1.97. The van der Waals surface area contributed by atoms with Crippen molar-refractivity contribution in [3.63, 3.8) is 0 Å². The molecule has 0 saturated heterocycles. The molecule has 1 N–H and O–H groups in total. The molecule has 2 unspecified atom stereocenters. The monoisotopic (exact) mass is 270 g/mol. The Kier molecular flexibility index (Phi) is 3.61. The lowest BCUT2D eigenvalue weighted by Crippen LogP contribution is -2.26. The molecule has 0 aromatic heterocycles. The third-order valence-corrected chi connectivity index (χ3v) is 3.81. The summed E-state index contributed by atoms with van der Waals surface area (Å²) in [6.07, 6.45) is 0.231. The van der Waals surface area contributed by atoms with E-state index in [9.17, 15) is 5.11 Å². The van der Waals surface area contributed by atoms with Gasteiger partial charge in [0.1, 0.15) is 11.5 Å². The first-order chi connectivity index (χ1) is 9.79. The second-order valence-electron chi connectivity index (χ2n) is 5.07. The van der Waals surface area contributed by atoms with Gasteiger partial charge in [0.15, 0.2) is 0 Å². The van der Waals surface area contributed by atoms with Crippen molar-refractivity contribution in [1.29, 1.82) is 0 Å². The number of hydrogen-bond donors (Lipinski definition) is 1. The van der Waals surface area contributed by atoms with Crippen LogP contribution < -0.4 is 9.47 Å². The summed E-state index contributed by atoms with van der Waals surface area (Å²) in [7, 11) is 1.62. The van der Waals surface area contributed by atoms with Gasteiger partial charge in [0.05, 0.1) is 19.8 Å². The fourth-order valence-electron chi connectivity index (χ4n) is 2.72. The first-order valence-corrected chi connectivity index (χ1v) is 6.81. The lowest BCUT2D eigenvalue weighted by Gasteiger charge is -2.29. The summed E-state index contributed by atoms with van der Waals surface area (Å²) in [6.45, 7) is 0.524. The van der Waals surface area contributed by atoms with Crippen LogP contribution in [0.1, 0.15) is 17.2 Å². The average molecular weight is 270 g/mol. The predicted molar refractivity (Wildman–Crippen MR) is 77.1 cm³/mol. The van der Waals surface area contributed by atoms with Gasteiger partial charge in [-0.05, 0) is 24.1 Å². The van der Waals surface area contributed by atoms with Gasteiger partial charge in [-0.3, -0.25) is 0 Å². The molecule has 20 heavy (non-hydrogen) atoms. The van der Waals surface area contributed by atoms with Crippen molar-refractivity contribution in [2.45, 2.75) is 12.5 Å². The second-order valence-corrected chi connectivity index (χ2v) is 5.07. The highest BCUT2D eigenvalue weighted by Gasteiger charge is 2.28. The molecule has 0 amide bonds. The molecule has 1 heterocycles. The second kappa shape index (κ2) is 5.55. The minimum atomic E-state index is -0.584. The van der Waals surface area contributed by atoms with Crippen LogP contribution in [0, 0.1) is 5.92 Å². The van der Waals surface area contributed by atoms with E-state index in [4.69, 9.17) is 9.47 Å². The van der Waals surface area contributed by atoms with Gasteiger partial charge in [0.25, 0.3) is 0 Å². The van der Waals surface area contributed by atoms with Crippen molar-refractivity contribution in [2.75, 3.05) is 13.7 Å². The van der Waals surface area contributed by atoms with Crippen molar-refractivity contribution in [3.8, 4) is 11.5 Å². The maximum atomic E-state index is 10.6. The number of aliphatic hydroxyl groups excluding tert-OH is 1. The zero-order valence-corrected chi connectivity index (χ0v) is 11.5. The standard InChI is InChI=1S/C17H18O3/c1-19-16-9-5-3-7-14(16)17(18)13-10-12-6-2-4-8-15(12)20-11-13/h2-9,13,17-18H,10-11H2,1H3. The van der Waals surface area contributed by atoms with Gasteiger partial charge in [0, 0.05) is 11.5 Å². The molecule has 1 aliphatic heterocycles. The van der Waals surface area contributed by atoms with Crippen LogP contribution >= 0.6 is 0 Å². The summed E-state index contributed by atoms with van der Waals surface area (Å²) in [4.78, 5) is 0. The molecule has 3 nitrogen and oxygen atoms in total. The molecule has 2 aromatic carbocycles. The molecule has 104 valence electrons. The SMILES string of the molecule is COc1ccccc1C(O)C1COc2ccccc2C1. The fraction of sp³-hybridized carbons (Fsp3) is 0.294. The molecule has 2 atom stereocenters. The quantitative estimate of drug-likeness (QED) is 0.932. The van der Waals surface area contributed by atoms with Gasteiger partial charge >= 0.3 is 0 Å². The zero-order chi connectivity index (χ0) is 13.9. The topological polar surface area (TPSA) is 38.7 Å².